The molecule has 2 rings (SSSR count). The molecule has 0 spiro atoms. The van der Waals surface area contributed by atoms with E-state index in [0.29, 0.717) is 19.6 Å². The van der Waals surface area contributed by atoms with Gasteiger partial charge in [-0.05, 0) is 19.3 Å². The Hall–Kier alpha value is 1.58. The van der Waals surface area contributed by atoms with Gasteiger partial charge in [0.2, 0.25) is 4.33 Å². The minimum atomic E-state index is -3.03. The first-order chi connectivity index (χ1) is 9.91. The highest BCUT2D eigenvalue weighted by Crippen LogP contribution is 2.60. The molecule has 130 valence electrons. The highest BCUT2D eigenvalue weighted by atomic mass is 35.5. The second-order valence-electron chi connectivity index (χ2n) is 5.67. The predicted octanol–water partition coefficient (Wildman–Crippen LogP) is 3.55. The van der Waals surface area contributed by atoms with E-state index in [2.05, 4.69) is 0 Å². The number of halogens is 6. The van der Waals surface area contributed by atoms with Crippen LogP contribution in [0.3, 0.4) is 0 Å². The number of epoxide rings is 2. The Morgan fingerprint density at radius 1 is 0.909 bits per heavy atom. The summed E-state index contributed by atoms with van der Waals surface area (Å²) in [5.41, 5.74) is 0. The summed E-state index contributed by atoms with van der Waals surface area (Å²) in [5, 5.41) is 16.4. The maximum Gasteiger partial charge on any atom is 0.279 e. The maximum absolute atomic E-state index is 9.70. The Labute approximate surface area is 158 Å². The van der Waals surface area contributed by atoms with Gasteiger partial charge in [0.15, 0.2) is 0 Å². The Kier molecular flexibility index (Phi) is 6.07. The van der Waals surface area contributed by atoms with Crippen LogP contribution in [0.15, 0.2) is 0 Å². The number of hydrogen-bond donors (Lipinski definition) is 2. The Balaban J connectivity index is 2.17. The van der Waals surface area contributed by atoms with E-state index >= 15 is 0 Å². The minimum Gasteiger partial charge on any atom is -0.373 e. The predicted molar refractivity (Wildman–Crippen MR) is 88.4 cm³/mol. The number of aliphatic hydroxyl groups is 2. The van der Waals surface area contributed by atoms with Crippen LogP contribution in [0.1, 0.15) is 25.7 Å². The first kappa shape index (κ1) is 19.9. The van der Waals surface area contributed by atoms with Crippen molar-refractivity contribution in [2.75, 3.05) is 13.2 Å². The maximum atomic E-state index is 9.70. The number of hydrogen-bond acceptors (Lipinski definition) is 4. The first-order valence-corrected chi connectivity index (χ1v) is 8.99. The zero-order chi connectivity index (χ0) is 16.8. The van der Waals surface area contributed by atoms with E-state index < -0.39 is 18.8 Å². The molecule has 0 aliphatic carbocycles. The molecule has 0 aromatic heterocycles. The van der Waals surface area contributed by atoms with Crippen molar-refractivity contribution >= 4 is 69.6 Å². The van der Waals surface area contributed by atoms with Crippen LogP contribution in [0.5, 0.6) is 0 Å². The minimum absolute atomic E-state index is 0.0179. The van der Waals surface area contributed by atoms with Gasteiger partial charge in [0, 0.05) is 6.42 Å². The number of rotatable bonds is 9. The summed E-state index contributed by atoms with van der Waals surface area (Å²) in [7, 11) is 0. The normalized spacial score (nSPS) is 28.4. The van der Waals surface area contributed by atoms with Crippen LogP contribution in [-0.4, -0.2) is 54.4 Å². The zero-order valence-corrected chi connectivity index (χ0v) is 15.9. The number of ether oxygens (including phenoxy) is 2. The molecule has 4 nitrogen and oxygen atoms in total. The van der Waals surface area contributed by atoms with Crippen LogP contribution in [0, 0.1) is 0 Å². The smallest absolute Gasteiger partial charge is 0.279 e. The van der Waals surface area contributed by atoms with Gasteiger partial charge in [-0.1, -0.05) is 58.0 Å². The molecule has 22 heavy (non-hydrogen) atoms. The highest BCUT2D eigenvalue weighted by molar-refractivity contribution is 6.62. The fourth-order valence-corrected chi connectivity index (χ4v) is 4.23. The van der Waals surface area contributed by atoms with E-state index in [1.807, 2.05) is 0 Å². The van der Waals surface area contributed by atoms with E-state index in [1.165, 1.54) is 0 Å². The Morgan fingerprint density at radius 3 is 1.82 bits per heavy atom. The monoisotopic (exact) mass is 434 g/mol. The van der Waals surface area contributed by atoms with Crippen molar-refractivity contribution in [1.82, 2.24) is 0 Å². The number of alkyl halides is 6. The molecule has 2 N–H and O–H groups in total. The molecular formula is C12H16Cl6O4. The van der Waals surface area contributed by atoms with Crippen LogP contribution in [0.2, 0.25) is 0 Å². The highest BCUT2D eigenvalue weighted by Gasteiger charge is 2.69. The summed E-state index contributed by atoms with van der Waals surface area (Å²) >= 11 is 37.0. The molecule has 0 aromatic rings. The van der Waals surface area contributed by atoms with Crippen LogP contribution in [0.4, 0.5) is 0 Å². The van der Waals surface area contributed by atoms with Gasteiger partial charge in [-0.2, -0.15) is 0 Å². The molecule has 2 saturated heterocycles. The van der Waals surface area contributed by atoms with Crippen molar-refractivity contribution in [1.29, 1.82) is 0 Å². The van der Waals surface area contributed by atoms with Gasteiger partial charge < -0.3 is 19.7 Å². The molecule has 2 heterocycles. The summed E-state index contributed by atoms with van der Waals surface area (Å²) in [6.07, 6.45) is 1.55. The molecule has 3 unspecified atom stereocenters. The third-order valence-electron chi connectivity index (χ3n) is 3.81. The Morgan fingerprint density at radius 2 is 1.41 bits per heavy atom. The molecule has 2 fully saturated rings. The lowest BCUT2D eigenvalue weighted by atomic mass is 9.89. The summed E-state index contributed by atoms with van der Waals surface area (Å²) in [5.74, 6) is 0. The molecule has 2 aliphatic heterocycles. The van der Waals surface area contributed by atoms with Gasteiger partial charge >= 0.3 is 0 Å². The fraction of sp³-hybridized carbons (Fsp3) is 1.00. The molecule has 0 radical (unpaired) electrons. The van der Waals surface area contributed by atoms with Crippen molar-refractivity contribution in [3.05, 3.63) is 0 Å². The largest absolute Gasteiger partial charge is 0.373 e. The van der Waals surface area contributed by atoms with Gasteiger partial charge in [0.05, 0.1) is 25.4 Å². The summed E-state index contributed by atoms with van der Waals surface area (Å²) in [4.78, 5) is -1.84. The van der Waals surface area contributed by atoms with Crippen LogP contribution < -0.4 is 0 Å². The molecule has 2 aliphatic rings. The quantitative estimate of drug-likeness (QED) is 0.329. The molecule has 0 amide bonds. The van der Waals surface area contributed by atoms with Crippen molar-refractivity contribution in [3.8, 4) is 0 Å². The summed E-state index contributed by atoms with van der Waals surface area (Å²) in [6.45, 7) is 1.15. The topological polar surface area (TPSA) is 65.5 Å². The van der Waals surface area contributed by atoms with Crippen LogP contribution in [0.25, 0.3) is 0 Å². The van der Waals surface area contributed by atoms with E-state index in [1.54, 1.807) is 0 Å². The van der Waals surface area contributed by atoms with Crippen LogP contribution in [-0.2, 0) is 9.47 Å². The molecule has 10 heteroatoms. The third kappa shape index (κ3) is 4.21. The molecule has 0 bridgehead atoms. The zero-order valence-electron chi connectivity index (χ0n) is 11.4. The van der Waals surface area contributed by atoms with Gasteiger partial charge in [-0.15, -0.1) is 11.6 Å². The second-order valence-corrected chi connectivity index (χ2v) is 9.66. The van der Waals surface area contributed by atoms with E-state index in [4.69, 9.17) is 79.1 Å². The Bertz CT molecular complexity index is 405. The molecule has 3 atom stereocenters. The SMILES string of the molecule is OC(O)(Cl)C(Cl)(Cl)C(Cl)(CC1CO1)C(Cl)(Cl)CCCC1CO1. The van der Waals surface area contributed by atoms with E-state index in [9.17, 15) is 10.2 Å². The van der Waals surface area contributed by atoms with E-state index in [0.717, 1.165) is 6.42 Å². The second kappa shape index (κ2) is 6.71. The van der Waals surface area contributed by atoms with Gasteiger partial charge in [-0.25, -0.2) is 0 Å². The standard InChI is InChI=1S/C12H16Cl6O4/c13-9(4-8-6-22-8,11(16,17)12(18,19)20)10(14,15)3-1-2-7-5-21-7/h7-8,19-20H,1-6H2. The lowest BCUT2D eigenvalue weighted by Gasteiger charge is -2.48. The van der Waals surface area contributed by atoms with Gasteiger partial charge in [0.1, 0.15) is 9.21 Å². The van der Waals surface area contributed by atoms with Crippen molar-refractivity contribution < 1.29 is 19.7 Å². The van der Waals surface area contributed by atoms with Gasteiger partial charge in [-0.3, -0.25) is 0 Å². The van der Waals surface area contributed by atoms with Gasteiger partial charge in [0.25, 0.3) is 5.25 Å². The molecular weight excluding hydrogens is 421 g/mol. The lowest BCUT2D eigenvalue weighted by Crippen LogP contribution is -2.63. The van der Waals surface area contributed by atoms with Crippen molar-refractivity contribution in [3.63, 3.8) is 0 Å². The average molecular weight is 437 g/mol. The molecule has 0 aromatic carbocycles. The average Bonchev–Trinajstić information content (AvgIpc) is 3.20. The molecule has 0 saturated carbocycles. The van der Waals surface area contributed by atoms with E-state index in [-0.39, 0.29) is 25.0 Å². The lowest BCUT2D eigenvalue weighted by molar-refractivity contribution is -0.106. The fourth-order valence-electron chi connectivity index (χ4n) is 2.24. The first-order valence-electron chi connectivity index (χ1n) is 6.72. The third-order valence-corrected chi connectivity index (χ3v) is 7.63. The van der Waals surface area contributed by atoms with Crippen LogP contribution >= 0.6 is 69.6 Å². The summed E-state index contributed by atoms with van der Waals surface area (Å²) in [6, 6.07) is 0. The van der Waals surface area contributed by atoms with Crippen molar-refractivity contribution in [2.45, 2.75) is 56.7 Å². The van der Waals surface area contributed by atoms with Crippen molar-refractivity contribution in [2.24, 2.45) is 0 Å². The summed E-state index contributed by atoms with van der Waals surface area (Å²) < 4.78 is 6.13.